The van der Waals surface area contributed by atoms with E-state index in [0.29, 0.717) is 5.82 Å². The van der Waals surface area contributed by atoms with E-state index in [1.54, 1.807) is 12.3 Å². The van der Waals surface area contributed by atoms with Gasteiger partial charge in [-0.1, -0.05) is 6.07 Å². The van der Waals surface area contributed by atoms with Gasteiger partial charge in [0.05, 0.1) is 0 Å². The molecule has 0 aliphatic heterocycles. The lowest BCUT2D eigenvalue weighted by Crippen LogP contribution is -2.28. The summed E-state index contributed by atoms with van der Waals surface area (Å²) in [6.45, 7) is 1.89. The fraction of sp³-hybridized carbons (Fsp3) is 0.167. The van der Waals surface area contributed by atoms with E-state index in [-0.39, 0.29) is 5.56 Å². The summed E-state index contributed by atoms with van der Waals surface area (Å²) in [4.78, 5) is 15.9. The predicted octanol–water partition coefficient (Wildman–Crippen LogP) is -0.196. The molecule has 2 radical (unpaired) electrons. The molecule has 2 N–H and O–H groups in total. The summed E-state index contributed by atoms with van der Waals surface area (Å²) in [7, 11) is 5.08. The van der Waals surface area contributed by atoms with Crippen LogP contribution in [0.5, 0.6) is 0 Å². The number of hydrogen-bond donors (Lipinski definition) is 2. The van der Waals surface area contributed by atoms with Crippen molar-refractivity contribution in [2.24, 2.45) is 0 Å². The molecule has 0 aliphatic rings. The summed E-state index contributed by atoms with van der Waals surface area (Å²) >= 11 is 0. The third-order valence-electron chi connectivity index (χ3n) is 2.49. The van der Waals surface area contributed by atoms with Crippen LogP contribution in [-0.2, 0) is 5.69 Å². The minimum atomic E-state index is -2.51. The summed E-state index contributed by atoms with van der Waals surface area (Å²) in [6.07, 6.45) is 3.03. The van der Waals surface area contributed by atoms with E-state index in [2.05, 4.69) is 4.98 Å². The van der Waals surface area contributed by atoms with E-state index in [1.807, 2.05) is 13.0 Å². The molecule has 0 spiro atoms. The van der Waals surface area contributed by atoms with Gasteiger partial charge >= 0.3 is 0 Å². The van der Waals surface area contributed by atoms with Crippen molar-refractivity contribution in [3.05, 3.63) is 58.1 Å². The van der Waals surface area contributed by atoms with Crippen LogP contribution in [-0.4, -0.2) is 27.6 Å². The molecule has 0 aromatic carbocycles. The lowest BCUT2D eigenvalue weighted by atomic mass is 9.88. The SMILES string of the molecule is [B]C(O)(O)c1ccn(-c2ccc(C)cn2)c(=O)c1. The summed E-state index contributed by atoms with van der Waals surface area (Å²) in [5, 5.41) is 18.4. The molecule has 0 saturated carbocycles. The molecule has 0 amide bonds. The number of aromatic nitrogens is 2. The van der Waals surface area contributed by atoms with Gasteiger partial charge in [0, 0.05) is 24.0 Å². The van der Waals surface area contributed by atoms with E-state index in [9.17, 15) is 15.0 Å². The first-order valence-corrected chi connectivity index (χ1v) is 5.28. The molecule has 6 heteroatoms. The first-order chi connectivity index (χ1) is 8.38. The van der Waals surface area contributed by atoms with Gasteiger partial charge in [-0.3, -0.25) is 9.36 Å². The maximum Gasteiger partial charge on any atom is 0.256 e. The zero-order chi connectivity index (χ0) is 13.3. The Labute approximate surface area is 105 Å². The highest BCUT2D eigenvalue weighted by Gasteiger charge is 2.18. The Morgan fingerprint density at radius 3 is 2.56 bits per heavy atom. The second kappa shape index (κ2) is 4.40. The van der Waals surface area contributed by atoms with Crippen LogP contribution in [0.15, 0.2) is 41.5 Å². The third-order valence-corrected chi connectivity index (χ3v) is 2.49. The van der Waals surface area contributed by atoms with Gasteiger partial charge in [-0.2, -0.15) is 0 Å². The quantitative estimate of drug-likeness (QED) is 0.565. The zero-order valence-electron chi connectivity index (χ0n) is 9.74. The van der Waals surface area contributed by atoms with Crippen LogP contribution in [0.3, 0.4) is 0 Å². The number of aliphatic hydroxyl groups is 2. The van der Waals surface area contributed by atoms with E-state index in [0.717, 1.165) is 11.6 Å². The van der Waals surface area contributed by atoms with Gasteiger partial charge < -0.3 is 10.2 Å². The minimum Gasteiger partial charge on any atom is -0.371 e. The number of rotatable bonds is 2. The summed E-state index contributed by atoms with van der Waals surface area (Å²) in [6, 6.07) is 5.93. The van der Waals surface area contributed by atoms with Crippen LogP contribution >= 0.6 is 0 Å². The first-order valence-electron chi connectivity index (χ1n) is 5.28. The monoisotopic (exact) mass is 242 g/mol. The molecular weight excluding hydrogens is 231 g/mol. The largest absolute Gasteiger partial charge is 0.371 e. The Morgan fingerprint density at radius 1 is 1.33 bits per heavy atom. The van der Waals surface area contributed by atoms with Gasteiger partial charge in [-0.25, -0.2) is 4.98 Å². The molecule has 2 heterocycles. The highest BCUT2D eigenvalue weighted by atomic mass is 16.5. The van der Waals surface area contributed by atoms with Crippen molar-refractivity contribution >= 4 is 7.85 Å². The maximum absolute atomic E-state index is 11.8. The number of hydrogen-bond acceptors (Lipinski definition) is 4. The molecule has 5 nitrogen and oxygen atoms in total. The molecule has 0 atom stereocenters. The van der Waals surface area contributed by atoms with Crippen molar-refractivity contribution in [2.75, 3.05) is 0 Å². The molecule has 90 valence electrons. The molecule has 2 aromatic rings. The van der Waals surface area contributed by atoms with Gasteiger partial charge in [-0.15, -0.1) is 0 Å². The molecule has 0 saturated heterocycles. The Kier molecular flexibility index (Phi) is 3.06. The number of pyridine rings is 2. The van der Waals surface area contributed by atoms with Gasteiger partial charge in [-0.05, 0) is 24.6 Å². The van der Waals surface area contributed by atoms with Crippen molar-refractivity contribution in [2.45, 2.75) is 12.6 Å². The highest BCUT2D eigenvalue weighted by Crippen LogP contribution is 2.12. The van der Waals surface area contributed by atoms with Crippen LogP contribution in [0.25, 0.3) is 5.82 Å². The van der Waals surface area contributed by atoms with Crippen molar-refractivity contribution < 1.29 is 10.2 Å². The van der Waals surface area contributed by atoms with Crippen molar-refractivity contribution in [1.82, 2.24) is 9.55 Å². The lowest BCUT2D eigenvalue weighted by molar-refractivity contribution is -0.0911. The molecular formula is C12H11BN2O3. The topological polar surface area (TPSA) is 75.3 Å². The molecule has 2 rings (SSSR count). The van der Waals surface area contributed by atoms with Crippen LogP contribution in [0, 0.1) is 6.92 Å². The van der Waals surface area contributed by atoms with Crippen LogP contribution in [0.4, 0.5) is 0 Å². The Hall–Kier alpha value is -1.92. The normalized spacial score (nSPS) is 11.5. The predicted molar refractivity (Wildman–Crippen MR) is 66.4 cm³/mol. The van der Waals surface area contributed by atoms with E-state index < -0.39 is 11.2 Å². The average molecular weight is 242 g/mol. The van der Waals surface area contributed by atoms with Gasteiger partial charge in [0.25, 0.3) is 5.56 Å². The fourth-order valence-corrected chi connectivity index (χ4v) is 1.50. The summed E-state index contributed by atoms with van der Waals surface area (Å²) < 4.78 is 1.29. The Bertz CT molecular complexity index is 614. The number of nitrogens with zero attached hydrogens (tertiary/aromatic N) is 2. The Morgan fingerprint density at radius 2 is 2.06 bits per heavy atom. The van der Waals surface area contributed by atoms with Gasteiger partial charge in [0.15, 0.2) is 7.85 Å². The minimum absolute atomic E-state index is 0.0733. The van der Waals surface area contributed by atoms with Crippen LogP contribution in [0.1, 0.15) is 11.1 Å². The van der Waals surface area contributed by atoms with Crippen molar-refractivity contribution in [1.29, 1.82) is 0 Å². The van der Waals surface area contributed by atoms with Gasteiger partial charge in [0.1, 0.15) is 11.5 Å². The lowest BCUT2D eigenvalue weighted by Gasteiger charge is -2.17. The van der Waals surface area contributed by atoms with E-state index >= 15 is 0 Å². The molecule has 0 aliphatic carbocycles. The Balaban J connectivity index is 2.48. The van der Waals surface area contributed by atoms with E-state index in [1.165, 1.54) is 16.8 Å². The van der Waals surface area contributed by atoms with Crippen molar-refractivity contribution in [3.63, 3.8) is 0 Å². The summed E-state index contributed by atoms with van der Waals surface area (Å²) in [5.41, 5.74) is -2.05. The fourth-order valence-electron chi connectivity index (χ4n) is 1.50. The second-order valence-electron chi connectivity index (χ2n) is 4.04. The maximum atomic E-state index is 11.8. The van der Waals surface area contributed by atoms with Crippen LogP contribution < -0.4 is 5.56 Å². The van der Waals surface area contributed by atoms with Crippen LogP contribution in [0.2, 0.25) is 0 Å². The zero-order valence-corrected chi connectivity index (χ0v) is 9.74. The molecule has 18 heavy (non-hydrogen) atoms. The molecule has 2 aromatic heterocycles. The van der Waals surface area contributed by atoms with Gasteiger partial charge in [0.2, 0.25) is 0 Å². The standard InChI is InChI=1S/C12H11BN2O3/c1-8-2-3-10(14-7-8)15-5-4-9(6-11(15)16)12(13,17)18/h2-7,17-18H,1H3. The molecule has 0 bridgehead atoms. The van der Waals surface area contributed by atoms with E-state index in [4.69, 9.17) is 7.85 Å². The first kappa shape index (κ1) is 12.5. The molecule has 0 fully saturated rings. The third kappa shape index (κ3) is 2.50. The summed E-state index contributed by atoms with van der Waals surface area (Å²) in [5.74, 6) is 0.454. The second-order valence-corrected chi connectivity index (χ2v) is 4.04. The average Bonchev–Trinajstić information content (AvgIpc) is 2.29. The van der Waals surface area contributed by atoms with Crippen molar-refractivity contribution in [3.8, 4) is 5.82 Å². The smallest absolute Gasteiger partial charge is 0.256 e. The molecule has 0 unspecified atom stereocenters. The number of aryl methyl sites for hydroxylation is 1. The highest BCUT2D eigenvalue weighted by molar-refractivity contribution is 6.13.